The Kier molecular flexibility index (Phi) is 4.17. The Hall–Kier alpha value is -1.77. The second-order valence-electron chi connectivity index (χ2n) is 5.40. The van der Waals surface area contributed by atoms with Gasteiger partial charge < -0.3 is 0 Å². The van der Waals surface area contributed by atoms with Crippen LogP contribution in [0.1, 0.15) is 45.7 Å². The third kappa shape index (κ3) is 3.62. The zero-order valence-corrected chi connectivity index (χ0v) is 11.7. The number of allylic oxidation sites excluding steroid dienone is 1. The van der Waals surface area contributed by atoms with Gasteiger partial charge in [0, 0.05) is 12.5 Å². The van der Waals surface area contributed by atoms with Crippen LogP contribution in [0.25, 0.3) is 5.57 Å². The molecule has 3 nitrogen and oxygen atoms in total. The van der Waals surface area contributed by atoms with Crippen molar-refractivity contribution in [3.63, 3.8) is 0 Å². The molecule has 3 heteroatoms. The molecule has 0 heterocycles. The monoisotopic (exact) mass is 248 g/mol. The molecule has 0 spiro atoms. The van der Waals surface area contributed by atoms with Crippen molar-refractivity contribution >= 4 is 11.5 Å². The minimum absolute atomic E-state index is 0.110. The molecule has 0 aromatic heterocycles. The van der Waals surface area contributed by atoms with Crippen LogP contribution in [-0.2, 0) is 15.1 Å². The van der Waals surface area contributed by atoms with Gasteiger partial charge in [-0.1, -0.05) is 39.0 Å². The van der Waals surface area contributed by atoms with Crippen LogP contribution in [0.2, 0.25) is 0 Å². The van der Waals surface area contributed by atoms with Gasteiger partial charge in [-0.2, -0.15) is 0 Å². The number of hydrogen-bond acceptors (Lipinski definition) is 3. The van der Waals surface area contributed by atoms with Crippen molar-refractivity contribution in [3.8, 4) is 5.75 Å². The van der Waals surface area contributed by atoms with E-state index in [0.717, 1.165) is 16.7 Å². The van der Waals surface area contributed by atoms with Crippen LogP contribution in [0.4, 0.5) is 0 Å². The smallest absolute Gasteiger partial charge is 0.287 e. The summed E-state index contributed by atoms with van der Waals surface area (Å²) in [6.45, 7) is 13.4. The van der Waals surface area contributed by atoms with Gasteiger partial charge in [0.25, 0.3) is 0 Å². The molecule has 0 aliphatic heterocycles. The summed E-state index contributed by atoms with van der Waals surface area (Å²) in [6, 6.07) is 5.71. The van der Waals surface area contributed by atoms with Gasteiger partial charge in [0.1, 0.15) is 0 Å². The number of hydrogen-bond donors (Lipinski definition) is 0. The topological polar surface area (TPSA) is 35.5 Å². The Balaban J connectivity index is 3.17. The average molecular weight is 248 g/mol. The molecule has 98 valence electrons. The molecule has 0 aliphatic rings. The first kappa shape index (κ1) is 14.3. The molecule has 0 atom stereocenters. The Morgan fingerprint density at radius 3 is 2.28 bits per heavy atom. The van der Waals surface area contributed by atoms with Crippen LogP contribution >= 0.6 is 0 Å². The quantitative estimate of drug-likeness (QED) is 0.601. The zero-order chi connectivity index (χ0) is 13.9. The summed E-state index contributed by atoms with van der Waals surface area (Å²) < 4.78 is 0. The van der Waals surface area contributed by atoms with Crippen LogP contribution in [0.15, 0.2) is 24.8 Å². The Labute approximate surface area is 108 Å². The predicted octanol–water partition coefficient (Wildman–Crippen LogP) is 3.87. The molecule has 0 aliphatic carbocycles. The highest BCUT2D eigenvalue weighted by molar-refractivity contribution is 5.66. The van der Waals surface area contributed by atoms with E-state index in [0.29, 0.717) is 5.75 Å². The normalized spacial score (nSPS) is 10.9. The Bertz CT molecular complexity index is 467. The van der Waals surface area contributed by atoms with E-state index in [2.05, 4.69) is 32.2 Å². The first-order chi connectivity index (χ1) is 8.21. The van der Waals surface area contributed by atoms with Gasteiger partial charge in [-0.3, -0.25) is 9.78 Å². The molecule has 0 radical (unpaired) electrons. The van der Waals surface area contributed by atoms with Crippen molar-refractivity contribution in [3.05, 3.63) is 35.9 Å². The SMILES string of the molecule is C=C(C)c1ccc(OOC(C)=O)c(C(C)(C)C)c1. The third-order valence-corrected chi connectivity index (χ3v) is 2.53. The molecule has 0 saturated carbocycles. The summed E-state index contributed by atoms with van der Waals surface area (Å²) in [5, 5.41) is 0. The highest BCUT2D eigenvalue weighted by Gasteiger charge is 2.21. The first-order valence-electron chi connectivity index (χ1n) is 5.87. The van der Waals surface area contributed by atoms with Gasteiger partial charge in [0.2, 0.25) is 0 Å². The van der Waals surface area contributed by atoms with Crippen LogP contribution in [0.3, 0.4) is 0 Å². The summed E-state index contributed by atoms with van der Waals surface area (Å²) in [4.78, 5) is 20.5. The minimum Gasteiger partial charge on any atom is -0.287 e. The standard InChI is InChI=1S/C15H20O3/c1-10(2)12-7-8-14(18-17-11(3)16)13(9-12)15(4,5)6/h7-9H,1H2,2-6H3. The second kappa shape index (κ2) is 5.25. The molecule has 0 unspecified atom stereocenters. The van der Waals surface area contributed by atoms with Crippen molar-refractivity contribution in [2.75, 3.05) is 0 Å². The number of benzene rings is 1. The maximum absolute atomic E-state index is 10.8. The van der Waals surface area contributed by atoms with Crippen LogP contribution in [0.5, 0.6) is 5.75 Å². The largest absolute Gasteiger partial charge is 0.352 e. The first-order valence-corrected chi connectivity index (χ1v) is 5.87. The molecule has 1 aromatic carbocycles. The molecular formula is C15H20O3. The molecule has 0 fully saturated rings. The molecule has 1 aromatic rings. The van der Waals surface area contributed by atoms with Crippen LogP contribution in [0, 0.1) is 0 Å². The maximum Gasteiger partial charge on any atom is 0.352 e. The molecule has 1 rings (SSSR count). The molecule has 18 heavy (non-hydrogen) atoms. The fraction of sp³-hybridized carbons (Fsp3) is 0.400. The molecular weight excluding hydrogens is 228 g/mol. The Morgan fingerprint density at radius 2 is 1.83 bits per heavy atom. The van der Waals surface area contributed by atoms with E-state index < -0.39 is 5.97 Å². The lowest BCUT2D eigenvalue weighted by Gasteiger charge is -2.22. The van der Waals surface area contributed by atoms with Gasteiger partial charge in [0.15, 0.2) is 5.75 Å². The van der Waals surface area contributed by atoms with Crippen molar-refractivity contribution in [2.45, 2.75) is 40.0 Å². The lowest BCUT2D eigenvalue weighted by Crippen LogP contribution is -2.15. The van der Waals surface area contributed by atoms with Gasteiger partial charge >= 0.3 is 5.97 Å². The van der Waals surface area contributed by atoms with Crippen molar-refractivity contribution in [1.29, 1.82) is 0 Å². The van der Waals surface area contributed by atoms with Crippen molar-refractivity contribution in [1.82, 2.24) is 0 Å². The number of carbonyl (C=O) groups excluding carboxylic acids is 1. The van der Waals surface area contributed by atoms with Crippen LogP contribution in [-0.4, -0.2) is 5.97 Å². The lowest BCUT2D eigenvalue weighted by molar-refractivity contribution is -0.211. The van der Waals surface area contributed by atoms with E-state index in [-0.39, 0.29) is 5.41 Å². The lowest BCUT2D eigenvalue weighted by atomic mass is 9.85. The van der Waals surface area contributed by atoms with Gasteiger partial charge in [-0.05, 0) is 30.0 Å². The summed E-state index contributed by atoms with van der Waals surface area (Å²) in [5.41, 5.74) is 2.90. The second-order valence-corrected chi connectivity index (χ2v) is 5.40. The third-order valence-electron chi connectivity index (χ3n) is 2.53. The van der Waals surface area contributed by atoms with E-state index in [1.807, 2.05) is 19.1 Å². The molecule has 0 bridgehead atoms. The van der Waals surface area contributed by atoms with Crippen molar-refractivity contribution in [2.24, 2.45) is 0 Å². The summed E-state index contributed by atoms with van der Waals surface area (Å²) >= 11 is 0. The fourth-order valence-electron chi connectivity index (χ4n) is 1.56. The zero-order valence-electron chi connectivity index (χ0n) is 11.7. The highest BCUT2D eigenvalue weighted by Crippen LogP contribution is 2.33. The van der Waals surface area contributed by atoms with E-state index in [4.69, 9.17) is 4.89 Å². The summed E-state index contributed by atoms with van der Waals surface area (Å²) in [6.07, 6.45) is 0. The molecule has 0 N–H and O–H groups in total. The van der Waals surface area contributed by atoms with E-state index in [9.17, 15) is 4.79 Å². The Morgan fingerprint density at radius 1 is 1.22 bits per heavy atom. The molecule has 0 amide bonds. The van der Waals surface area contributed by atoms with Crippen LogP contribution < -0.4 is 4.89 Å². The van der Waals surface area contributed by atoms with E-state index in [1.54, 1.807) is 6.07 Å². The van der Waals surface area contributed by atoms with Gasteiger partial charge in [0.05, 0.1) is 0 Å². The number of rotatable bonds is 3. The predicted molar refractivity (Wildman–Crippen MR) is 72.2 cm³/mol. The fourth-order valence-corrected chi connectivity index (χ4v) is 1.56. The summed E-state index contributed by atoms with van der Waals surface area (Å²) in [5.74, 6) is 0.0848. The number of carbonyl (C=O) groups is 1. The summed E-state index contributed by atoms with van der Waals surface area (Å²) in [7, 11) is 0. The van der Waals surface area contributed by atoms with E-state index >= 15 is 0 Å². The van der Waals surface area contributed by atoms with Gasteiger partial charge in [-0.15, -0.1) is 0 Å². The van der Waals surface area contributed by atoms with E-state index in [1.165, 1.54) is 6.92 Å². The maximum atomic E-state index is 10.8. The van der Waals surface area contributed by atoms with Gasteiger partial charge in [-0.25, -0.2) is 4.79 Å². The molecule has 0 saturated heterocycles. The van der Waals surface area contributed by atoms with Crippen molar-refractivity contribution < 1.29 is 14.6 Å². The average Bonchev–Trinajstić information content (AvgIpc) is 2.24. The highest BCUT2D eigenvalue weighted by atomic mass is 17.2. The minimum atomic E-state index is -0.473.